The second-order valence-corrected chi connectivity index (χ2v) is 4.72. The van der Waals surface area contributed by atoms with E-state index in [2.05, 4.69) is 38.3 Å². The molecule has 0 aromatic carbocycles. The summed E-state index contributed by atoms with van der Waals surface area (Å²) < 4.78 is 0. The van der Waals surface area contributed by atoms with Gasteiger partial charge in [0.15, 0.2) is 0 Å². The normalized spacial score (nSPS) is 13.6. The van der Waals surface area contributed by atoms with Gasteiger partial charge in [-0.2, -0.15) is 0 Å². The van der Waals surface area contributed by atoms with Gasteiger partial charge in [0.05, 0.1) is 0 Å². The van der Waals surface area contributed by atoms with Crippen LogP contribution in [0.5, 0.6) is 0 Å². The van der Waals surface area contributed by atoms with Crippen molar-refractivity contribution in [3.63, 3.8) is 0 Å². The zero-order valence-electron chi connectivity index (χ0n) is 11.5. The molecule has 96 valence electrons. The van der Waals surface area contributed by atoms with Gasteiger partial charge >= 0.3 is 0 Å². The van der Waals surface area contributed by atoms with Gasteiger partial charge in [-0.3, -0.25) is 4.79 Å². The van der Waals surface area contributed by atoms with E-state index in [9.17, 15) is 4.79 Å². The molecule has 0 aromatic heterocycles. The maximum atomic E-state index is 11.2. The minimum atomic E-state index is 0.107. The van der Waals surface area contributed by atoms with Gasteiger partial charge in [-0.05, 0) is 31.6 Å². The van der Waals surface area contributed by atoms with Crippen LogP contribution in [0.4, 0.5) is 0 Å². The summed E-state index contributed by atoms with van der Waals surface area (Å²) in [5.74, 6) is 0.107. The molecule has 1 atom stereocenters. The lowest BCUT2D eigenvalue weighted by Gasteiger charge is -2.32. The fourth-order valence-electron chi connectivity index (χ4n) is 1.97. The van der Waals surface area contributed by atoms with Crippen LogP contribution in [0.25, 0.3) is 0 Å². The Kier molecular flexibility index (Phi) is 7.39. The number of rotatable bonds is 8. The fraction of sp³-hybridized carbons (Fsp3) is 0.923. The zero-order valence-corrected chi connectivity index (χ0v) is 11.5. The van der Waals surface area contributed by atoms with E-state index in [0.717, 1.165) is 6.54 Å². The number of nitrogens with one attached hydrogen (secondary N) is 2. The number of hydrogen-bond acceptors (Lipinski definition) is 2. The van der Waals surface area contributed by atoms with Crippen molar-refractivity contribution in [3.05, 3.63) is 0 Å². The van der Waals surface area contributed by atoms with E-state index >= 15 is 0 Å². The Morgan fingerprint density at radius 1 is 1.19 bits per heavy atom. The topological polar surface area (TPSA) is 41.1 Å². The highest BCUT2D eigenvalue weighted by Gasteiger charge is 2.24. The zero-order chi connectivity index (χ0) is 12.6. The summed E-state index contributed by atoms with van der Waals surface area (Å²) in [4.78, 5) is 11.2. The van der Waals surface area contributed by atoms with Gasteiger partial charge in [0, 0.05) is 26.1 Å². The lowest BCUT2D eigenvalue weighted by atomic mass is 9.79. The highest BCUT2D eigenvalue weighted by molar-refractivity contribution is 5.76. The van der Waals surface area contributed by atoms with Gasteiger partial charge in [0.2, 0.25) is 5.91 Å². The van der Waals surface area contributed by atoms with E-state index in [1.807, 2.05) is 0 Å². The van der Waals surface area contributed by atoms with Crippen LogP contribution in [-0.2, 0) is 4.79 Å². The highest BCUT2D eigenvalue weighted by atomic mass is 16.1. The van der Waals surface area contributed by atoms with Crippen LogP contribution in [0.1, 0.15) is 53.4 Å². The van der Waals surface area contributed by atoms with Gasteiger partial charge in [0.1, 0.15) is 0 Å². The monoisotopic (exact) mass is 228 g/mol. The average Bonchev–Trinajstić information content (AvgIpc) is 2.31. The molecule has 0 bridgehead atoms. The van der Waals surface area contributed by atoms with E-state index in [-0.39, 0.29) is 11.9 Å². The predicted octanol–water partition coefficient (Wildman–Crippen LogP) is 2.32. The Bertz CT molecular complexity index is 192. The molecule has 0 aliphatic heterocycles. The third-order valence-electron chi connectivity index (χ3n) is 3.85. The van der Waals surface area contributed by atoms with Crippen molar-refractivity contribution in [3.8, 4) is 0 Å². The first kappa shape index (κ1) is 15.4. The Hall–Kier alpha value is -0.570. The smallest absolute Gasteiger partial charge is 0.221 e. The molecule has 0 aliphatic rings. The van der Waals surface area contributed by atoms with E-state index in [0.29, 0.717) is 11.8 Å². The molecular weight excluding hydrogens is 200 g/mol. The van der Waals surface area contributed by atoms with Crippen molar-refractivity contribution in [2.75, 3.05) is 13.6 Å². The maximum Gasteiger partial charge on any atom is 0.221 e. The second kappa shape index (κ2) is 7.66. The SMILES string of the molecule is CCC(CC)(CC)CNC(C)CC(=O)NC. The number of carbonyl (C=O) groups excluding carboxylic acids is 1. The quantitative estimate of drug-likeness (QED) is 0.669. The van der Waals surface area contributed by atoms with Crippen LogP contribution in [0.3, 0.4) is 0 Å². The summed E-state index contributed by atoms with van der Waals surface area (Å²) in [5.41, 5.74) is 0.400. The average molecular weight is 228 g/mol. The van der Waals surface area contributed by atoms with Crippen molar-refractivity contribution >= 4 is 5.91 Å². The van der Waals surface area contributed by atoms with Gasteiger partial charge in [-0.15, -0.1) is 0 Å². The van der Waals surface area contributed by atoms with Crippen LogP contribution in [0, 0.1) is 5.41 Å². The van der Waals surface area contributed by atoms with E-state index in [1.54, 1.807) is 7.05 Å². The van der Waals surface area contributed by atoms with E-state index in [1.165, 1.54) is 19.3 Å². The number of carbonyl (C=O) groups is 1. The molecule has 16 heavy (non-hydrogen) atoms. The minimum absolute atomic E-state index is 0.107. The van der Waals surface area contributed by atoms with Crippen molar-refractivity contribution < 1.29 is 4.79 Å². The number of hydrogen-bond donors (Lipinski definition) is 2. The molecule has 1 unspecified atom stereocenters. The van der Waals surface area contributed by atoms with Crippen LogP contribution in [0.15, 0.2) is 0 Å². The van der Waals surface area contributed by atoms with Crippen molar-refractivity contribution in [1.29, 1.82) is 0 Å². The van der Waals surface area contributed by atoms with Crippen molar-refractivity contribution in [1.82, 2.24) is 10.6 Å². The molecule has 0 heterocycles. The first-order valence-electron chi connectivity index (χ1n) is 6.47. The first-order chi connectivity index (χ1) is 7.53. The second-order valence-electron chi connectivity index (χ2n) is 4.72. The lowest BCUT2D eigenvalue weighted by Crippen LogP contribution is -2.40. The molecule has 1 amide bonds. The molecule has 0 aromatic rings. The summed E-state index contributed by atoms with van der Waals surface area (Å²) in [7, 11) is 1.68. The molecule has 3 heteroatoms. The Balaban J connectivity index is 4.05. The van der Waals surface area contributed by atoms with Crippen LogP contribution in [-0.4, -0.2) is 25.5 Å². The van der Waals surface area contributed by atoms with E-state index in [4.69, 9.17) is 0 Å². The fourth-order valence-corrected chi connectivity index (χ4v) is 1.97. The molecule has 0 fully saturated rings. The molecule has 3 nitrogen and oxygen atoms in total. The van der Waals surface area contributed by atoms with Gasteiger partial charge < -0.3 is 10.6 Å². The minimum Gasteiger partial charge on any atom is -0.359 e. The van der Waals surface area contributed by atoms with Crippen LogP contribution < -0.4 is 10.6 Å². The largest absolute Gasteiger partial charge is 0.359 e. The third-order valence-corrected chi connectivity index (χ3v) is 3.85. The summed E-state index contributed by atoms with van der Waals surface area (Å²) in [6, 6.07) is 0.254. The molecule has 0 radical (unpaired) electrons. The Morgan fingerprint density at radius 2 is 1.69 bits per heavy atom. The summed E-state index contributed by atoms with van der Waals surface area (Å²) in [6.45, 7) is 9.82. The molecule has 0 saturated heterocycles. The molecule has 0 rings (SSSR count). The lowest BCUT2D eigenvalue weighted by molar-refractivity contribution is -0.121. The van der Waals surface area contributed by atoms with Crippen LogP contribution in [0.2, 0.25) is 0 Å². The van der Waals surface area contributed by atoms with Crippen LogP contribution >= 0.6 is 0 Å². The molecular formula is C13H28N2O. The number of amides is 1. The molecule has 0 saturated carbocycles. The summed E-state index contributed by atoms with van der Waals surface area (Å²) in [5, 5.41) is 6.14. The molecule has 2 N–H and O–H groups in total. The third kappa shape index (κ3) is 4.97. The summed E-state index contributed by atoms with van der Waals surface area (Å²) in [6.07, 6.45) is 4.14. The van der Waals surface area contributed by atoms with Crippen molar-refractivity contribution in [2.45, 2.75) is 59.4 Å². The standard InChI is InChI=1S/C13H28N2O/c1-6-13(7-2,8-3)10-15-11(4)9-12(16)14-5/h11,15H,6-10H2,1-5H3,(H,14,16). The molecule has 0 aliphatic carbocycles. The Labute approximate surface area is 100 Å². The summed E-state index contributed by atoms with van der Waals surface area (Å²) >= 11 is 0. The van der Waals surface area contributed by atoms with Gasteiger partial charge in [-0.25, -0.2) is 0 Å². The predicted molar refractivity (Wildman–Crippen MR) is 69.5 cm³/mol. The highest BCUT2D eigenvalue weighted by Crippen LogP contribution is 2.29. The van der Waals surface area contributed by atoms with Crippen molar-refractivity contribution in [2.24, 2.45) is 5.41 Å². The Morgan fingerprint density at radius 3 is 2.06 bits per heavy atom. The van der Waals surface area contributed by atoms with Gasteiger partial charge in [-0.1, -0.05) is 20.8 Å². The van der Waals surface area contributed by atoms with Gasteiger partial charge in [0.25, 0.3) is 0 Å². The first-order valence-corrected chi connectivity index (χ1v) is 6.47. The maximum absolute atomic E-state index is 11.2. The molecule has 0 spiro atoms. The van der Waals surface area contributed by atoms with E-state index < -0.39 is 0 Å².